The molecule has 0 aliphatic rings. The van der Waals surface area contributed by atoms with E-state index in [2.05, 4.69) is 11.1 Å². The van der Waals surface area contributed by atoms with Gasteiger partial charge >= 0.3 is 0 Å². The average Bonchev–Trinajstić information content (AvgIpc) is 2.98. The van der Waals surface area contributed by atoms with Gasteiger partial charge in [-0.05, 0) is 24.3 Å². The second-order valence-corrected chi connectivity index (χ2v) is 4.19. The van der Waals surface area contributed by atoms with Crippen LogP contribution in [0.2, 0.25) is 0 Å². The molecule has 3 aromatic rings. The summed E-state index contributed by atoms with van der Waals surface area (Å²) in [5.74, 6) is 0. The Labute approximate surface area is 111 Å². The first-order valence-corrected chi connectivity index (χ1v) is 5.97. The second-order valence-electron chi connectivity index (χ2n) is 4.19. The molecule has 90 valence electrons. The van der Waals surface area contributed by atoms with Crippen LogP contribution >= 0.6 is 0 Å². The maximum Gasteiger partial charge on any atom is 0.0999 e. The van der Waals surface area contributed by atoms with Gasteiger partial charge in [0.25, 0.3) is 0 Å². The van der Waals surface area contributed by atoms with Gasteiger partial charge in [0.05, 0.1) is 23.7 Å². The van der Waals surface area contributed by atoms with Gasteiger partial charge in [-0.1, -0.05) is 30.3 Å². The van der Waals surface area contributed by atoms with Gasteiger partial charge in [-0.15, -0.1) is 0 Å². The summed E-state index contributed by atoms with van der Waals surface area (Å²) in [5, 5.41) is 8.78. The van der Waals surface area contributed by atoms with Gasteiger partial charge in [-0.3, -0.25) is 0 Å². The van der Waals surface area contributed by atoms with Crippen molar-refractivity contribution >= 4 is 0 Å². The summed E-state index contributed by atoms with van der Waals surface area (Å²) in [6.07, 6.45) is 3.78. The summed E-state index contributed by atoms with van der Waals surface area (Å²) < 4.78 is 1.98. The molecule has 3 nitrogen and oxygen atoms in total. The van der Waals surface area contributed by atoms with Gasteiger partial charge in [0.1, 0.15) is 0 Å². The molecule has 0 radical (unpaired) electrons. The number of rotatable bonds is 2. The van der Waals surface area contributed by atoms with Gasteiger partial charge < -0.3 is 4.57 Å². The van der Waals surface area contributed by atoms with Gasteiger partial charge in [-0.2, -0.15) is 5.26 Å². The molecule has 2 aromatic carbocycles. The van der Waals surface area contributed by atoms with E-state index >= 15 is 0 Å². The highest BCUT2D eigenvalue weighted by molar-refractivity contribution is 5.60. The van der Waals surface area contributed by atoms with Crippen LogP contribution in [0.3, 0.4) is 0 Å². The van der Waals surface area contributed by atoms with Gasteiger partial charge in [0.15, 0.2) is 0 Å². The normalized spacial score (nSPS) is 10.1. The molecule has 0 amide bonds. The van der Waals surface area contributed by atoms with Crippen molar-refractivity contribution in [1.82, 2.24) is 9.55 Å². The third-order valence-corrected chi connectivity index (χ3v) is 2.95. The molecule has 0 bridgehead atoms. The lowest BCUT2D eigenvalue weighted by molar-refractivity contribution is 1.06. The van der Waals surface area contributed by atoms with E-state index in [1.54, 1.807) is 18.5 Å². The second kappa shape index (κ2) is 4.79. The van der Waals surface area contributed by atoms with Gasteiger partial charge in [-0.25, -0.2) is 4.98 Å². The zero-order chi connectivity index (χ0) is 13.1. The van der Waals surface area contributed by atoms with E-state index in [1.807, 2.05) is 53.2 Å². The SMILES string of the molecule is N#Cc1ccc(-c2cn(-c3ccccc3)cn2)cc1. The fourth-order valence-corrected chi connectivity index (χ4v) is 1.93. The molecule has 3 heteroatoms. The highest BCUT2D eigenvalue weighted by atomic mass is 15.0. The van der Waals surface area contributed by atoms with E-state index in [1.165, 1.54) is 0 Å². The highest BCUT2D eigenvalue weighted by Gasteiger charge is 2.03. The van der Waals surface area contributed by atoms with Crippen LogP contribution in [-0.4, -0.2) is 9.55 Å². The zero-order valence-electron chi connectivity index (χ0n) is 10.2. The lowest BCUT2D eigenvalue weighted by atomic mass is 10.1. The minimum Gasteiger partial charge on any atom is -0.306 e. The molecule has 0 saturated heterocycles. The van der Waals surface area contributed by atoms with Crippen molar-refractivity contribution in [3.8, 4) is 23.0 Å². The first-order valence-electron chi connectivity index (χ1n) is 5.97. The van der Waals surface area contributed by atoms with Crippen LogP contribution in [0.5, 0.6) is 0 Å². The Kier molecular flexibility index (Phi) is 2.83. The van der Waals surface area contributed by atoms with Crippen molar-refractivity contribution in [3.63, 3.8) is 0 Å². The van der Waals surface area contributed by atoms with Crippen LogP contribution in [-0.2, 0) is 0 Å². The number of para-hydroxylation sites is 1. The zero-order valence-corrected chi connectivity index (χ0v) is 10.2. The number of aromatic nitrogens is 2. The molecule has 0 aliphatic carbocycles. The van der Waals surface area contributed by atoms with Crippen molar-refractivity contribution < 1.29 is 0 Å². The fourth-order valence-electron chi connectivity index (χ4n) is 1.93. The Bertz CT molecular complexity index is 719. The molecule has 1 aromatic heterocycles. The monoisotopic (exact) mass is 245 g/mol. The van der Waals surface area contributed by atoms with Crippen LogP contribution in [0.15, 0.2) is 67.1 Å². The third-order valence-electron chi connectivity index (χ3n) is 2.95. The first kappa shape index (κ1) is 11.2. The van der Waals surface area contributed by atoms with E-state index in [0.29, 0.717) is 5.56 Å². The van der Waals surface area contributed by atoms with Crippen molar-refractivity contribution in [3.05, 3.63) is 72.7 Å². The van der Waals surface area contributed by atoms with Crippen molar-refractivity contribution in [2.45, 2.75) is 0 Å². The van der Waals surface area contributed by atoms with Crippen molar-refractivity contribution in [2.24, 2.45) is 0 Å². The smallest absolute Gasteiger partial charge is 0.0999 e. The average molecular weight is 245 g/mol. The number of nitrogens with zero attached hydrogens (tertiary/aromatic N) is 3. The standard InChI is InChI=1S/C16H11N3/c17-10-13-6-8-14(9-7-13)16-11-19(12-18-16)15-4-2-1-3-5-15/h1-9,11-12H. The van der Waals surface area contributed by atoms with E-state index in [9.17, 15) is 0 Å². The van der Waals surface area contributed by atoms with Crippen LogP contribution < -0.4 is 0 Å². The molecule has 0 unspecified atom stereocenters. The Morgan fingerprint density at radius 2 is 1.68 bits per heavy atom. The molecule has 0 saturated carbocycles. The minimum atomic E-state index is 0.659. The molecule has 0 N–H and O–H groups in total. The minimum absolute atomic E-state index is 0.659. The van der Waals surface area contributed by atoms with E-state index in [4.69, 9.17) is 5.26 Å². The number of nitriles is 1. The Hall–Kier alpha value is -2.86. The van der Waals surface area contributed by atoms with E-state index < -0.39 is 0 Å². The number of hydrogen-bond acceptors (Lipinski definition) is 2. The molecule has 0 spiro atoms. The third kappa shape index (κ3) is 2.24. The van der Waals surface area contributed by atoms with E-state index in [0.717, 1.165) is 16.9 Å². The van der Waals surface area contributed by atoms with E-state index in [-0.39, 0.29) is 0 Å². The molecular formula is C16H11N3. The number of benzene rings is 2. The van der Waals surface area contributed by atoms with Crippen LogP contribution in [0.1, 0.15) is 5.56 Å². The van der Waals surface area contributed by atoms with Crippen LogP contribution in [0.4, 0.5) is 0 Å². The van der Waals surface area contributed by atoms with Crippen molar-refractivity contribution in [2.75, 3.05) is 0 Å². The van der Waals surface area contributed by atoms with Gasteiger partial charge in [0.2, 0.25) is 0 Å². The predicted molar refractivity (Wildman–Crippen MR) is 73.7 cm³/mol. The molecular weight excluding hydrogens is 234 g/mol. The van der Waals surface area contributed by atoms with Crippen LogP contribution in [0, 0.1) is 11.3 Å². The summed E-state index contributed by atoms with van der Waals surface area (Å²) in [7, 11) is 0. The maximum atomic E-state index is 8.78. The summed E-state index contributed by atoms with van der Waals surface area (Å²) in [4.78, 5) is 4.40. The Morgan fingerprint density at radius 3 is 2.37 bits per heavy atom. The summed E-state index contributed by atoms with van der Waals surface area (Å²) in [6, 6.07) is 19.6. The number of imidazole rings is 1. The molecule has 19 heavy (non-hydrogen) atoms. The Balaban J connectivity index is 1.95. The first-order chi connectivity index (χ1) is 9.36. The summed E-state index contributed by atoms with van der Waals surface area (Å²) in [6.45, 7) is 0. The number of hydrogen-bond donors (Lipinski definition) is 0. The molecule has 3 rings (SSSR count). The molecule has 1 heterocycles. The summed E-state index contributed by atoms with van der Waals surface area (Å²) >= 11 is 0. The summed E-state index contributed by atoms with van der Waals surface area (Å²) in [5.41, 5.74) is 3.64. The lowest BCUT2D eigenvalue weighted by Crippen LogP contribution is -1.87. The molecule has 0 fully saturated rings. The topological polar surface area (TPSA) is 41.6 Å². The molecule has 0 atom stereocenters. The predicted octanol–water partition coefficient (Wildman–Crippen LogP) is 3.41. The van der Waals surface area contributed by atoms with Crippen LogP contribution in [0.25, 0.3) is 16.9 Å². The quantitative estimate of drug-likeness (QED) is 0.694. The maximum absolute atomic E-state index is 8.78. The van der Waals surface area contributed by atoms with Gasteiger partial charge in [0, 0.05) is 17.4 Å². The lowest BCUT2D eigenvalue weighted by Gasteiger charge is -2.00. The Morgan fingerprint density at radius 1 is 0.947 bits per heavy atom. The highest BCUT2D eigenvalue weighted by Crippen LogP contribution is 2.19. The fraction of sp³-hybridized carbons (Fsp3) is 0. The molecule has 0 aliphatic heterocycles. The van der Waals surface area contributed by atoms with Crippen molar-refractivity contribution in [1.29, 1.82) is 5.26 Å². The largest absolute Gasteiger partial charge is 0.306 e.